The highest BCUT2D eigenvalue weighted by atomic mass is 35.5. The molecule has 1 atom stereocenters. The Balaban J connectivity index is 1.44. The van der Waals surface area contributed by atoms with Gasteiger partial charge in [-0.05, 0) is 59.4 Å². The van der Waals surface area contributed by atoms with Gasteiger partial charge in [0.2, 0.25) is 0 Å². The van der Waals surface area contributed by atoms with Crippen molar-refractivity contribution in [3.63, 3.8) is 0 Å². The molecule has 0 aliphatic carbocycles. The van der Waals surface area contributed by atoms with Crippen LogP contribution in [-0.4, -0.2) is 13.2 Å². The number of ether oxygens (including phenoxy) is 2. The SMILES string of the molecule is CCCCCCCCCCCCOc1ccc(C(Cl)c2ccc(OCCCCCCCCCCCC)cc2-c2ccccc2)cc1. The molecule has 0 aliphatic rings. The van der Waals surface area contributed by atoms with Crippen molar-refractivity contribution in [2.75, 3.05) is 13.2 Å². The summed E-state index contributed by atoms with van der Waals surface area (Å²) in [4.78, 5) is 0. The number of alkyl halides is 1. The molecule has 0 heterocycles. The fourth-order valence-corrected chi connectivity index (χ4v) is 6.52. The molecule has 3 aromatic rings. The molecule has 0 radical (unpaired) electrons. The highest BCUT2D eigenvalue weighted by Gasteiger charge is 2.17. The summed E-state index contributed by atoms with van der Waals surface area (Å²) >= 11 is 7.15. The molecule has 3 rings (SSSR count). The lowest BCUT2D eigenvalue weighted by atomic mass is 9.94. The normalized spacial score (nSPS) is 11.9. The minimum absolute atomic E-state index is 0.262. The van der Waals surface area contributed by atoms with Gasteiger partial charge in [0.05, 0.1) is 18.6 Å². The maximum Gasteiger partial charge on any atom is 0.119 e. The van der Waals surface area contributed by atoms with Gasteiger partial charge in [-0.2, -0.15) is 0 Å². The molecule has 3 aromatic carbocycles. The summed E-state index contributed by atoms with van der Waals surface area (Å²) in [6, 6.07) is 25.3. The summed E-state index contributed by atoms with van der Waals surface area (Å²) in [7, 11) is 0. The van der Waals surface area contributed by atoms with Gasteiger partial charge < -0.3 is 9.47 Å². The van der Waals surface area contributed by atoms with Crippen LogP contribution >= 0.6 is 11.6 Å². The molecular weight excluding hydrogens is 584 g/mol. The van der Waals surface area contributed by atoms with Gasteiger partial charge in [-0.3, -0.25) is 0 Å². The lowest BCUT2D eigenvalue weighted by Gasteiger charge is -2.18. The lowest BCUT2D eigenvalue weighted by molar-refractivity contribution is 0.304. The Kier molecular flexibility index (Phi) is 20.4. The van der Waals surface area contributed by atoms with E-state index in [-0.39, 0.29) is 5.38 Å². The van der Waals surface area contributed by atoms with Gasteiger partial charge in [-0.25, -0.2) is 0 Å². The first kappa shape index (κ1) is 38.0. The van der Waals surface area contributed by atoms with Gasteiger partial charge in [0.25, 0.3) is 0 Å². The van der Waals surface area contributed by atoms with Crippen molar-refractivity contribution in [3.8, 4) is 22.6 Å². The minimum atomic E-state index is -0.262. The van der Waals surface area contributed by atoms with Crippen molar-refractivity contribution in [2.45, 2.75) is 148 Å². The minimum Gasteiger partial charge on any atom is -0.494 e. The second-order valence-corrected chi connectivity index (χ2v) is 13.5. The number of unbranched alkanes of at least 4 members (excludes halogenated alkanes) is 18. The molecule has 0 spiro atoms. The lowest BCUT2D eigenvalue weighted by Crippen LogP contribution is -2.01. The topological polar surface area (TPSA) is 18.5 Å². The molecule has 1 unspecified atom stereocenters. The quantitative estimate of drug-likeness (QED) is 0.0606. The number of benzene rings is 3. The molecule has 2 nitrogen and oxygen atoms in total. The predicted molar refractivity (Wildman–Crippen MR) is 201 cm³/mol. The van der Waals surface area contributed by atoms with E-state index in [4.69, 9.17) is 21.1 Å². The Morgan fingerprint density at radius 1 is 0.478 bits per heavy atom. The molecule has 0 aliphatic heterocycles. The van der Waals surface area contributed by atoms with Gasteiger partial charge in [-0.15, -0.1) is 11.6 Å². The molecule has 46 heavy (non-hydrogen) atoms. The van der Waals surface area contributed by atoms with Gasteiger partial charge in [0, 0.05) is 0 Å². The molecule has 0 amide bonds. The summed E-state index contributed by atoms with van der Waals surface area (Å²) in [5, 5.41) is -0.262. The first-order valence-corrected chi connectivity index (χ1v) is 19.4. The maximum atomic E-state index is 7.15. The Bertz CT molecular complexity index is 1140. The van der Waals surface area contributed by atoms with E-state index in [1.165, 1.54) is 116 Å². The molecule has 0 saturated carbocycles. The average Bonchev–Trinajstić information content (AvgIpc) is 3.10. The predicted octanol–water partition coefficient (Wildman–Crippen LogP) is 14.3. The van der Waals surface area contributed by atoms with Crippen LogP contribution in [0.3, 0.4) is 0 Å². The van der Waals surface area contributed by atoms with Crippen LogP contribution in [-0.2, 0) is 0 Å². The molecule has 0 saturated heterocycles. The third-order valence-electron chi connectivity index (χ3n) is 9.09. The van der Waals surface area contributed by atoms with Crippen molar-refractivity contribution in [2.24, 2.45) is 0 Å². The van der Waals surface area contributed by atoms with Crippen molar-refractivity contribution in [3.05, 3.63) is 83.9 Å². The number of hydrogen-bond donors (Lipinski definition) is 0. The van der Waals surface area contributed by atoms with Gasteiger partial charge >= 0.3 is 0 Å². The molecule has 0 fully saturated rings. The Labute approximate surface area is 287 Å². The summed E-state index contributed by atoms with van der Waals surface area (Å²) in [5.41, 5.74) is 4.45. The number of hydrogen-bond acceptors (Lipinski definition) is 2. The number of rotatable bonds is 27. The van der Waals surface area contributed by atoms with Crippen molar-refractivity contribution < 1.29 is 9.47 Å². The Morgan fingerprint density at radius 3 is 1.41 bits per heavy atom. The molecule has 0 bridgehead atoms. The zero-order chi connectivity index (χ0) is 32.5. The summed E-state index contributed by atoms with van der Waals surface area (Å²) < 4.78 is 12.3. The number of halogens is 1. The van der Waals surface area contributed by atoms with Crippen LogP contribution in [0.2, 0.25) is 0 Å². The van der Waals surface area contributed by atoms with E-state index in [1.807, 2.05) is 0 Å². The van der Waals surface area contributed by atoms with Crippen molar-refractivity contribution >= 4 is 11.6 Å². The van der Waals surface area contributed by atoms with Crippen LogP contribution in [0.5, 0.6) is 11.5 Å². The third kappa shape index (κ3) is 15.4. The highest BCUT2D eigenvalue weighted by molar-refractivity contribution is 6.23. The fourth-order valence-electron chi connectivity index (χ4n) is 6.19. The zero-order valence-corrected chi connectivity index (χ0v) is 30.0. The van der Waals surface area contributed by atoms with Gasteiger partial charge in [0.1, 0.15) is 11.5 Å². The zero-order valence-electron chi connectivity index (χ0n) is 29.3. The molecule has 3 heteroatoms. The summed E-state index contributed by atoms with van der Waals surface area (Å²) in [6.45, 7) is 6.10. The fraction of sp³-hybridized carbons (Fsp3) is 0.581. The van der Waals surface area contributed by atoms with Crippen LogP contribution in [0.4, 0.5) is 0 Å². The largest absolute Gasteiger partial charge is 0.494 e. The van der Waals surface area contributed by atoms with Crippen LogP contribution in [0.15, 0.2) is 72.8 Å². The van der Waals surface area contributed by atoms with E-state index in [0.717, 1.165) is 59.8 Å². The van der Waals surface area contributed by atoms with E-state index in [1.54, 1.807) is 0 Å². The third-order valence-corrected chi connectivity index (χ3v) is 9.58. The van der Waals surface area contributed by atoms with E-state index in [9.17, 15) is 0 Å². The molecule has 254 valence electrons. The maximum absolute atomic E-state index is 7.15. The van der Waals surface area contributed by atoms with E-state index in [0.29, 0.717) is 0 Å². The van der Waals surface area contributed by atoms with Crippen LogP contribution < -0.4 is 9.47 Å². The van der Waals surface area contributed by atoms with E-state index in [2.05, 4.69) is 86.6 Å². The molecule has 0 aromatic heterocycles. The van der Waals surface area contributed by atoms with Crippen LogP contribution in [0.25, 0.3) is 11.1 Å². The van der Waals surface area contributed by atoms with Crippen molar-refractivity contribution in [1.29, 1.82) is 0 Å². The molecule has 0 N–H and O–H groups in total. The monoisotopic (exact) mass is 646 g/mol. The second kappa shape index (κ2) is 24.7. The Morgan fingerprint density at radius 2 is 0.913 bits per heavy atom. The summed E-state index contributed by atoms with van der Waals surface area (Å²) in [6.07, 6.45) is 26.6. The van der Waals surface area contributed by atoms with Crippen LogP contribution in [0, 0.1) is 0 Å². The van der Waals surface area contributed by atoms with Crippen LogP contribution in [0.1, 0.15) is 159 Å². The summed E-state index contributed by atoms with van der Waals surface area (Å²) in [5.74, 6) is 1.83. The first-order chi connectivity index (χ1) is 22.7. The van der Waals surface area contributed by atoms with E-state index < -0.39 is 0 Å². The standard InChI is InChI=1S/C43H63ClO2/c1-3-5-7-9-11-13-15-17-19-24-34-45-39-30-28-38(29-31-39)43(44)41-33-32-40(36-42(41)37-26-22-21-23-27-37)46-35-25-20-18-16-14-12-10-8-6-4-2/h21-23,26-33,36,43H,3-20,24-25,34-35H2,1-2H3. The Hall–Kier alpha value is -2.45. The first-order valence-electron chi connectivity index (χ1n) is 18.9. The smallest absolute Gasteiger partial charge is 0.119 e. The van der Waals surface area contributed by atoms with Crippen molar-refractivity contribution in [1.82, 2.24) is 0 Å². The van der Waals surface area contributed by atoms with E-state index >= 15 is 0 Å². The van der Waals surface area contributed by atoms with Gasteiger partial charge in [0.15, 0.2) is 0 Å². The average molecular weight is 647 g/mol. The van der Waals surface area contributed by atoms with Gasteiger partial charge in [-0.1, -0.05) is 178 Å². The second-order valence-electron chi connectivity index (χ2n) is 13.1. The highest BCUT2D eigenvalue weighted by Crippen LogP contribution is 2.38. The molecular formula is C43H63ClO2.